The number of cyclic esters (lactones) is 1. The molecule has 0 N–H and O–H groups in total. The first-order valence-corrected chi connectivity index (χ1v) is 7.08. The van der Waals surface area contributed by atoms with Gasteiger partial charge in [-0.05, 0) is 6.42 Å². The van der Waals surface area contributed by atoms with Gasteiger partial charge in [0.15, 0.2) is 6.23 Å². The van der Waals surface area contributed by atoms with Crippen LogP contribution in [-0.4, -0.2) is 41.2 Å². The Labute approximate surface area is 118 Å². The molecule has 108 valence electrons. The highest BCUT2D eigenvalue weighted by molar-refractivity contribution is 6.19. The summed E-state index contributed by atoms with van der Waals surface area (Å²) >= 11 is 5.76. The van der Waals surface area contributed by atoms with Crippen molar-refractivity contribution in [2.75, 3.05) is 12.4 Å². The molecule has 0 aromatic carbocycles. The Morgan fingerprint density at radius 1 is 1.63 bits per heavy atom. The standard InChI is InChI=1S/C14H21ClFNO2/c1-9(7-15)5-14-6-10(16)8-17(14)11(13(2,3)4)19-12(14)18/h10-11H,1,5-8H2,2-4H3/t10-,11-,14+/m1/s1. The van der Waals surface area contributed by atoms with Gasteiger partial charge in [0, 0.05) is 24.3 Å². The first-order chi connectivity index (χ1) is 8.70. The lowest BCUT2D eigenvalue weighted by atomic mass is 9.87. The molecule has 19 heavy (non-hydrogen) atoms. The summed E-state index contributed by atoms with van der Waals surface area (Å²) in [6.07, 6.45) is -0.832. The van der Waals surface area contributed by atoms with Gasteiger partial charge in [0.05, 0.1) is 0 Å². The maximum absolute atomic E-state index is 13.9. The summed E-state index contributed by atoms with van der Waals surface area (Å²) < 4.78 is 19.4. The van der Waals surface area contributed by atoms with Crippen LogP contribution in [-0.2, 0) is 9.53 Å². The summed E-state index contributed by atoms with van der Waals surface area (Å²) in [6, 6.07) is 0. The Balaban J connectivity index is 2.34. The van der Waals surface area contributed by atoms with Crippen molar-refractivity contribution < 1.29 is 13.9 Å². The van der Waals surface area contributed by atoms with Gasteiger partial charge in [0.2, 0.25) is 0 Å². The van der Waals surface area contributed by atoms with Gasteiger partial charge >= 0.3 is 5.97 Å². The largest absolute Gasteiger partial charge is 0.444 e. The van der Waals surface area contributed by atoms with E-state index in [1.54, 1.807) is 0 Å². The first kappa shape index (κ1) is 14.8. The van der Waals surface area contributed by atoms with Gasteiger partial charge < -0.3 is 4.74 Å². The van der Waals surface area contributed by atoms with Crippen LogP contribution in [0.2, 0.25) is 0 Å². The van der Waals surface area contributed by atoms with Gasteiger partial charge in [-0.1, -0.05) is 32.9 Å². The summed E-state index contributed by atoms with van der Waals surface area (Å²) in [5.41, 5.74) is -0.403. The Bertz CT molecular complexity index is 407. The first-order valence-electron chi connectivity index (χ1n) is 6.55. The van der Waals surface area contributed by atoms with E-state index in [1.165, 1.54) is 0 Å². The minimum atomic E-state index is -0.999. The highest BCUT2D eigenvalue weighted by atomic mass is 35.5. The number of carbonyl (C=O) groups is 1. The van der Waals surface area contributed by atoms with Crippen LogP contribution in [0.25, 0.3) is 0 Å². The molecule has 0 aliphatic carbocycles. The van der Waals surface area contributed by atoms with Crippen molar-refractivity contribution in [3.05, 3.63) is 12.2 Å². The van der Waals surface area contributed by atoms with Crippen LogP contribution in [0.4, 0.5) is 4.39 Å². The van der Waals surface area contributed by atoms with Crippen LogP contribution < -0.4 is 0 Å². The predicted molar refractivity (Wildman–Crippen MR) is 72.8 cm³/mol. The molecule has 2 aliphatic heterocycles. The van der Waals surface area contributed by atoms with Gasteiger partial charge in [-0.25, -0.2) is 14.1 Å². The number of hydrogen-bond donors (Lipinski definition) is 0. The van der Waals surface area contributed by atoms with E-state index < -0.39 is 11.7 Å². The fraction of sp³-hybridized carbons (Fsp3) is 0.786. The summed E-state index contributed by atoms with van der Waals surface area (Å²) in [5, 5.41) is 0. The maximum atomic E-state index is 13.9. The number of hydrogen-bond acceptors (Lipinski definition) is 3. The van der Waals surface area contributed by atoms with Crippen LogP contribution in [0.1, 0.15) is 33.6 Å². The predicted octanol–water partition coefficient (Wildman–Crippen LogP) is 2.88. The molecule has 5 heteroatoms. The summed E-state index contributed by atoms with van der Waals surface area (Å²) in [5.74, 6) is -0.0566. The molecular weight excluding hydrogens is 269 g/mol. The second kappa shape index (κ2) is 4.74. The van der Waals surface area contributed by atoms with Crippen molar-refractivity contribution >= 4 is 17.6 Å². The number of carbonyl (C=O) groups excluding carboxylic acids is 1. The van der Waals surface area contributed by atoms with Crippen molar-refractivity contribution in [1.29, 1.82) is 0 Å². The Hall–Kier alpha value is -0.610. The van der Waals surface area contributed by atoms with E-state index in [0.29, 0.717) is 6.42 Å². The molecule has 2 saturated heterocycles. The zero-order valence-electron chi connectivity index (χ0n) is 11.7. The highest BCUT2D eigenvalue weighted by Crippen LogP contribution is 2.47. The molecule has 2 fully saturated rings. The van der Waals surface area contributed by atoms with Crippen molar-refractivity contribution in [2.24, 2.45) is 5.41 Å². The minimum absolute atomic E-state index is 0.175. The van der Waals surface area contributed by atoms with Crippen LogP contribution in [0.3, 0.4) is 0 Å². The summed E-state index contributed by atoms with van der Waals surface area (Å²) in [4.78, 5) is 14.2. The molecule has 0 radical (unpaired) electrons. The molecule has 2 aliphatic rings. The average molecular weight is 290 g/mol. The van der Waals surface area contributed by atoms with Crippen molar-refractivity contribution in [2.45, 2.75) is 51.6 Å². The third-order valence-electron chi connectivity index (χ3n) is 3.86. The highest BCUT2D eigenvalue weighted by Gasteiger charge is 2.62. The van der Waals surface area contributed by atoms with Crippen LogP contribution >= 0.6 is 11.6 Å². The monoisotopic (exact) mass is 289 g/mol. The van der Waals surface area contributed by atoms with Gasteiger partial charge in [-0.15, -0.1) is 11.6 Å². The smallest absolute Gasteiger partial charge is 0.328 e. The number of rotatable bonds is 3. The number of esters is 1. The molecule has 0 aromatic heterocycles. The Morgan fingerprint density at radius 3 is 2.79 bits per heavy atom. The minimum Gasteiger partial charge on any atom is -0.444 e. The molecule has 0 spiro atoms. The molecule has 0 amide bonds. The Morgan fingerprint density at radius 2 is 2.26 bits per heavy atom. The summed E-state index contributed by atoms with van der Waals surface area (Å²) in [6.45, 7) is 10.1. The third kappa shape index (κ3) is 2.40. The van der Waals surface area contributed by atoms with Gasteiger partial charge in [0.25, 0.3) is 0 Å². The molecule has 0 bridgehead atoms. The topological polar surface area (TPSA) is 29.5 Å². The van der Waals surface area contributed by atoms with E-state index in [9.17, 15) is 9.18 Å². The normalized spacial score (nSPS) is 35.3. The molecule has 0 unspecified atom stereocenters. The molecule has 3 nitrogen and oxygen atoms in total. The zero-order valence-corrected chi connectivity index (χ0v) is 12.5. The molecule has 3 atom stereocenters. The second-order valence-electron chi connectivity index (χ2n) is 6.67. The lowest BCUT2D eigenvalue weighted by Gasteiger charge is -2.35. The molecule has 0 saturated carbocycles. The van der Waals surface area contributed by atoms with Gasteiger partial charge in [0.1, 0.15) is 11.7 Å². The SMILES string of the molecule is C=C(CCl)C[C@@]12C[C@@H](F)CN1[C@@H](C(C)(C)C)OC2=O. The quantitative estimate of drug-likeness (QED) is 0.454. The van der Waals surface area contributed by atoms with Crippen LogP contribution in [0, 0.1) is 5.41 Å². The fourth-order valence-corrected chi connectivity index (χ4v) is 3.18. The average Bonchev–Trinajstić information content (AvgIpc) is 2.72. The summed E-state index contributed by atoms with van der Waals surface area (Å²) in [7, 11) is 0. The number of nitrogens with zero attached hydrogens (tertiary/aromatic N) is 1. The van der Waals surface area contributed by atoms with E-state index in [0.717, 1.165) is 5.57 Å². The van der Waals surface area contributed by atoms with Crippen molar-refractivity contribution in [3.63, 3.8) is 0 Å². The van der Waals surface area contributed by atoms with Gasteiger partial charge in [-0.2, -0.15) is 0 Å². The number of halogens is 2. The molecule has 0 aromatic rings. The number of alkyl halides is 2. The zero-order chi connectivity index (χ0) is 14.4. The molecule has 2 heterocycles. The van der Waals surface area contributed by atoms with Crippen molar-refractivity contribution in [1.82, 2.24) is 4.90 Å². The lowest BCUT2D eigenvalue weighted by molar-refractivity contribution is -0.150. The van der Waals surface area contributed by atoms with Crippen molar-refractivity contribution in [3.8, 4) is 0 Å². The lowest BCUT2D eigenvalue weighted by Crippen LogP contribution is -2.49. The Kier molecular flexibility index (Phi) is 3.69. The third-order valence-corrected chi connectivity index (χ3v) is 4.24. The van der Waals surface area contributed by atoms with E-state index >= 15 is 0 Å². The fourth-order valence-electron chi connectivity index (χ4n) is 3.08. The number of fused-ring (bicyclic) bond motifs is 1. The second-order valence-corrected chi connectivity index (χ2v) is 6.94. The van der Waals surface area contributed by atoms with Crippen LogP contribution in [0.5, 0.6) is 0 Å². The maximum Gasteiger partial charge on any atom is 0.328 e. The van der Waals surface area contributed by atoms with Gasteiger partial charge in [-0.3, -0.25) is 0 Å². The van der Waals surface area contributed by atoms with E-state index in [4.69, 9.17) is 16.3 Å². The van der Waals surface area contributed by atoms with E-state index in [-0.39, 0.29) is 36.5 Å². The number of ether oxygens (including phenoxy) is 1. The van der Waals surface area contributed by atoms with E-state index in [2.05, 4.69) is 6.58 Å². The van der Waals surface area contributed by atoms with Crippen LogP contribution in [0.15, 0.2) is 12.2 Å². The molecule has 2 rings (SSSR count). The van der Waals surface area contributed by atoms with E-state index in [1.807, 2.05) is 25.7 Å². The molecular formula is C14H21ClFNO2.